The van der Waals surface area contributed by atoms with Crippen molar-refractivity contribution in [3.05, 3.63) is 0 Å². The van der Waals surface area contributed by atoms with E-state index in [2.05, 4.69) is 39.9 Å². The quantitative estimate of drug-likeness (QED) is 0.734. The number of nitrogens with one attached hydrogen (secondary N) is 1. The maximum atomic E-state index is 11.5. The molecule has 2 unspecified atom stereocenters. The van der Waals surface area contributed by atoms with Crippen LogP contribution in [0.1, 0.15) is 53.9 Å². The Labute approximate surface area is 99.6 Å². The van der Waals surface area contributed by atoms with Crippen molar-refractivity contribution in [3.63, 3.8) is 0 Å². The van der Waals surface area contributed by atoms with Crippen molar-refractivity contribution in [2.24, 2.45) is 11.3 Å². The molecule has 0 rings (SSSR count). The van der Waals surface area contributed by atoms with E-state index < -0.39 is 6.10 Å². The number of aliphatic hydroxyl groups excluding tert-OH is 1. The molecule has 96 valence electrons. The molecule has 0 aromatic heterocycles. The van der Waals surface area contributed by atoms with Gasteiger partial charge in [-0.25, -0.2) is 0 Å². The SMILES string of the molecule is CCC(C)CC(=O)NCC(O)CC(C)(C)C. The maximum absolute atomic E-state index is 11.5. The van der Waals surface area contributed by atoms with Crippen LogP contribution in [0, 0.1) is 11.3 Å². The highest BCUT2D eigenvalue weighted by Crippen LogP contribution is 2.20. The Balaban J connectivity index is 3.75. The van der Waals surface area contributed by atoms with Gasteiger partial charge < -0.3 is 10.4 Å². The first kappa shape index (κ1) is 15.4. The van der Waals surface area contributed by atoms with E-state index in [4.69, 9.17) is 0 Å². The fraction of sp³-hybridized carbons (Fsp3) is 0.923. The molecule has 0 aliphatic heterocycles. The zero-order chi connectivity index (χ0) is 12.8. The van der Waals surface area contributed by atoms with E-state index in [0.29, 0.717) is 25.3 Å². The third-order valence-electron chi connectivity index (χ3n) is 2.61. The van der Waals surface area contributed by atoms with Crippen LogP contribution in [0.5, 0.6) is 0 Å². The summed E-state index contributed by atoms with van der Waals surface area (Å²) in [5.41, 5.74) is 0.0981. The molecule has 0 aromatic rings. The highest BCUT2D eigenvalue weighted by atomic mass is 16.3. The number of amides is 1. The van der Waals surface area contributed by atoms with Crippen molar-refractivity contribution >= 4 is 5.91 Å². The van der Waals surface area contributed by atoms with Crippen molar-refractivity contribution in [2.75, 3.05) is 6.54 Å². The van der Waals surface area contributed by atoms with Gasteiger partial charge in [-0.3, -0.25) is 4.79 Å². The molecule has 1 amide bonds. The lowest BCUT2D eigenvalue weighted by atomic mass is 9.89. The zero-order valence-corrected chi connectivity index (χ0v) is 11.3. The van der Waals surface area contributed by atoms with Crippen LogP contribution in [0.25, 0.3) is 0 Å². The van der Waals surface area contributed by atoms with E-state index in [-0.39, 0.29) is 11.3 Å². The lowest BCUT2D eigenvalue weighted by Crippen LogP contribution is -2.34. The topological polar surface area (TPSA) is 49.3 Å². The van der Waals surface area contributed by atoms with Gasteiger partial charge in [-0.2, -0.15) is 0 Å². The number of hydrogen-bond donors (Lipinski definition) is 2. The summed E-state index contributed by atoms with van der Waals surface area (Å²) >= 11 is 0. The van der Waals surface area contributed by atoms with Crippen LogP contribution in [0.15, 0.2) is 0 Å². The monoisotopic (exact) mass is 229 g/mol. The van der Waals surface area contributed by atoms with Gasteiger partial charge >= 0.3 is 0 Å². The van der Waals surface area contributed by atoms with Gasteiger partial charge in [0.15, 0.2) is 0 Å². The van der Waals surface area contributed by atoms with Crippen LogP contribution in [-0.2, 0) is 4.79 Å². The first-order chi connectivity index (χ1) is 7.24. The molecule has 0 spiro atoms. The first-order valence-electron chi connectivity index (χ1n) is 6.19. The Hall–Kier alpha value is -0.570. The Morgan fingerprint density at radius 1 is 1.38 bits per heavy atom. The van der Waals surface area contributed by atoms with Gasteiger partial charge in [0.25, 0.3) is 0 Å². The van der Waals surface area contributed by atoms with Gasteiger partial charge in [-0.1, -0.05) is 41.0 Å². The Bertz CT molecular complexity index is 208. The molecule has 0 heterocycles. The lowest BCUT2D eigenvalue weighted by molar-refractivity contribution is -0.122. The molecule has 2 atom stereocenters. The predicted molar refractivity (Wildman–Crippen MR) is 67.2 cm³/mol. The Kier molecular flexibility index (Phi) is 6.65. The maximum Gasteiger partial charge on any atom is 0.220 e. The third-order valence-corrected chi connectivity index (χ3v) is 2.61. The smallest absolute Gasteiger partial charge is 0.220 e. The second-order valence-electron chi connectivity index (χ2n) is 5.94. The van der Waals surface area contributed by atoms with E-state index in [1.807, 2.05) is 0 Å². The summed E-state index contributed by atoms with van der Waals surface area (Å²) in [4.78, 5) is 11.5. The minimum Gasteiger partial charge on any atom is -0.391 e. The Morgan fingerprint density at radius 3 is 2.38 bits per heavy atom. The number of aliphatic hydroxyl groups is 1. The van der Waals surface area contributed by atoms with Crippen molar-refractivity contribution in [3.8, 4) is 0 Å². The van der Waals surface area contributed by atoms with Crippen LogP contribution >= 0.6 is 0 Å². The highest BCUT2D eigenvalue weighted by Gasteiger charge is 2.17. The fourth-order valence-corrected chi connectivity index (χ4v) is 1.54. The molecule has 2 N–H and O–H groups in total. The minimum atomic E-state index is -0.444. The highest BCUT2D eigenvalue weighted by molar-refractivity contribution is 5.76. The second-order valence-corrected chi connectivity index (χ2v) is 5.94. The Morgan fingerprint density at radius 2 is 1.94 bits per heavy atom. The summed E-state index contributed by atoms with van der Waals surface area (Å²) in [5, 5.41) is 12.5. The van der Waals surface area contributed by atoms with Crippen LogP contribution in [0.4, 0.5) is 0 Å². The second kappa shape index (κ2) is 6.89. The van der Waals surface area contributed by atoms with E-state index in [9.17, 15) is 9.90 Å². The first-order valence-corrected chi connectivity index (χ1v) is 6.19. The molecular weight excluding hydrogens is 202 g/mol. The van der Waals surface area contributed by atoms with Gasteiger partial charge in [0.1, 0.15) is 0 Å². The van der Waals surface area contributed by atoms with Crippen LogP contribution < -0.4 is 5.32 Å². The van der Waals surface area contributed by atoms with Crippen molar-refractivity contribution in [1.29, 1.82) is 0 Å². The van der Waals surface area contributed by atoms with E-state index >= 15 is 0 Å². The van der Waals surface area contributed by atoms with Crippen molar-refractivity contribution in [1.82, 2.24) is 5.32 Å². The predicted octanol–water partition coefficient (Wildman–Crippen LogP) is 2.34. The minimum absolute atomic E-state index is 0.0438. The van der Waals surface area contributed by atoms with Gasteiger partial charge in [0, 0.05) is 13.0 Å². The zero-order valence-electron chi connectivity index (χ0n) is 11.3. The molecule has 0 radical (unpaired) electrons. The van der Waals surface area contributed by atoms with Crippen molar-refractivity contribution < 1.29 is 9.90 Å². The summed E-state index contributed by atoms with van der Waals surface area (Å²) in [6.07, 6.45) is 1.83. The summed E-state index contributed by atoms with van der Waals surface area (Å²) in [5.74, 6) is 0.460. The summed E-state index contributed by atoms with van der Waals surface area (Å²) in [6.45, 7) is 10.7. The van der Waals surface area contributed by atoms with E-state index in [0.717, 1.165) is 6.42 Å². The molecule has 16 heavy (non-hydrogen) atoms. The van der Waals surface area contributed by atoms with E-state index in [1.54, 1.807) is 0 Å². The molecule has 0 saturated heterocycles. The molecule has 0 bridgehead atoms. The summed E-state index contributed by atoms with van der Waals surface area (Å²) < 4.78 is 0. The molecule has 3 nitrogen and oxygen atoms in total. The number of carbonyl (C=O) groups is 1. The molecule has 0 aromatic carbocycles. The van der Waals surface area contributed by atoms with Crippen LogP contribution in [0.3, 0.4) is 0 Å². The van der Waals surface area contributed by atoms with Crippen LogP contribution in [-0.4, -0.2) is 23.7 Å². The van der Waals surface area contributed by atoms with E-state index in [1.165, 1.54) is 0 Å². The molecule has 3 heteroatoms. The number of carbonyl (C=O) groups excluding carboxylic acids is 1. The fourth-order valence-electron chi connectivity index (χ4n) is 1.54. The van der Waals surface area contributed by atoms with Gasteiger partial charge in [-0.15, -0.1) is 0 Å². The average Bonchev–Trinajstić information content (AvgIpc) is 2.12. The number of rotatable bonds is 6. The molecule has 0 saturated carbocycles. The largest absolute Gasteiger partial charge is 0.391 e. The third kappa shape index (κ3) is 8.72. The number of hydrogen-bond acceptors (Lipinski definition) is 2. The molecule has 0 fully saturated rings. The molecule has 0 aliphatic rings. The molecule has 0 aliphatic carbocycles. The van der Waals surface area contributed by atoms with Gasteiger partial charge in [0.2, 0.25) is 5.91 Å². The van der Waals surface area contributed by atoms with Gasteiger partial charge in [0.05, 0.1) is 6.10 Å². The lowest BCUT2D eigenvalue weighted by Gasteiger charge is -2.22. The molecular formula is C13H27NO2. The van der Waals surface area contributed by atoms with Crippen molar-refractivity contribution in [2.45, 2.75) is 60.0 Å². The summed E-state index contributed by atoms with van der Waals surface area (Å²) in [6, 6.07) is 0. The standard InChI is InChI=1S/C13H27NO2/c1-6-10(2)7-12(16)14-9-11(15)8-13(3,4)5/h10-11,15H,6-9H2,1-5H3,(H,14,16). The van der Waals surface area contributed by atoms with Gasteiger partial charge in [-0.05, 0) is 17.8 Å². The summed E-state index contributed by atoms with van der Waals surface area (Å²) in [7, 11) is 0. The normalized spacial score (nSPS) is 15.6. The van der Waals surface area contributed by atoms with Crippen LogP contribution in [0.2, 0.25) is 0 Å². The average molecular weight is 229 g/mol.